The number of nitrogens with zero attached hydrogens (tertiary/aromatic N) is 3. The maximum absolute atomic E-state index is 12.2. The minimum absolute atomic E-state index is 0.0106. The van der Waals surface area contributed by atoms with Crippen molar-refractivity contribution in [2.24, 2.45) is 0 Å². The second-order valence-corrected chi connectivity index (χ2v) is 6.77. The summed E-state index contributed by atoms with van der Waals surface area (Å²) in [6.45, 7) is 5.60. The maximum Gasteiger partial charge on any atom is 0.230 e. The normalized spacial score (nSPS) is 12.1. The fraction of sp³-hybridized carbons (Fsp3) is 0.500. The SMILES string of the molecule is CCc1ccc([C@H](C)NC(=O)CSc2nncn2CCCOC)cc1. The van der Waals surface area contributed by atoms with E-state index in [4.69, 9.17) is 4.74 Å². The lowest BCUT2D eigenvalue weighted by molar-refractivity contribution is -0.119. The third-order valence-electron chi connectivity index (χ3n) is 3.93. The first-order valence-electron chi connectivity index (χ1n) is 8.51. The van der Waals surface area contributed by atoms with E-state index in [9.17, 15) is 4.79 Å². The molecule has 25 heavy (non-hydrogen) atoms. The van der Waals surface area contributed by atoms with Crippen LogP contribution in [0.1, 0.15) is 37.4 Å². The van der Waals surface area contributed by atoms with Gasteiger partial charge in [-0.1, -0.05) is 43.0 Å². The van der Waals surface area contributed by atoms with Crippen LogP contribution in [0.4, 0.5) is 0 Å². The minimum atomic E-state index is -0.0152. The Hall–Kier alpha value is -1.86. The van der Waals surface area contributed by atoms with Gasteiger partial charge >= 0.3 is 0 Å². The zero-order valence-corrected chi connectivity index (χ0v) is 15.9. The van der Waals surface area contributed by atoms with Crippen molar-refractivity contribution in [3.8, 4) is 0 Å². The number of benzene rings is 1. The summed E-state index contributed by atoms with van der Waals surface area (Å²) in [5, 5.41) is 11.8. The van der Waals surface area contributed by atoms with Crippen molar-refractivity contribution in [1.29, 1.82) is 0 Å². The van der Waals surface area contributed by atoms with Gasteiger partial charge in [0.05, 0.1) is 11.8 Å². The predicted octanol–water partition coefficient (Wildman–Crippen LogP) is 2.85. The van der Waals surface area contributed by atoms with E-state index in [1.807, 2.05) is 11.5 Å². The van der Waals surface area contributed by atoms with Crippen LogP contribution in [0.5, 0.6) is 0 Å². The number of aryl methyl sites for hydroxylation is 2. The molecule has 2 rings (SSSR count). The molecule has 0 radical (unpaired) electrons. The standard InChI is InChI=1S/C18H26N4O2S/c1-4-15-6-8-16(9-7-15)14(2)20-17(23)12-25-18-21-19-13-22(18)10-5-11-24-3/h6-9,13-14H,4-5,10-12H2,1-3H3,(H,20,23)/t14-/m0/s1. The molecule has 2 aromatic rings. The number of carbonyl (C=O) groups excluding carboxylic acids is 1. The molecule has 0 bridgehead atoms. The average molecular weight is 362 g/mol. The second-order valence-electron chi connectivity index (χ2n) is 5.83. The molecule has 6 nitrogen and oxygen atoms in total. The highest BCUT2D eigenvalue weighted by Gasteiger charge is 2.12. The number of hydrogen-bond acceptors (Lipinski definition) is 5. The number of rotatable bonds is 10. The number of ether oxygens (including phenoxy) is 1. The van der Waals surface area contributed by atoms with Gasteiger partial charge in [0, 0.05) is 20.3 Å². The van der Waals surface area contributed by atoms with Crippen LogP contribution in [-0.2, 0) is 22.5 Å². The summed E-state index contributed by atoms with van der Waals surface area (Å²) in [4.78, 5) is 12.2. The molecule has 0 spiro atoms. The molecule has 0 aliphatic heterocycles. The summed E-state index contributed by atoms with van der Waals surface area (Å²) in [6.07, 6.45) is 3.59. The fourth-order valence-electron chi connectivity index (χ4n) is 2.43. The monoisotopic (exact) mass is 362 g/mol. The lowest BCUT2D eigenvalue weighted by Crippen LogP contribution is -2.28. The number of thioether (sulfide) groups is 1. The van der Waals surface area contributed by atoms with Gasteiger partial charge in [-0.15, -0.1) is 10.2 Å². The van der Waals surface area contributed by atoms with E-state index in [0.717, 1.165) is 30.1 Å². The molecule has 1 amide bonds. The molecule has 1 aromatic heterocycles. The fourth-order valence-corrected chi connectivity index (χ4v) is 3.18. The lowest BCUT2D eigenvalue weighted by atomic mass is 10.1. The molecular weight excluding hydrogens is 336 g/mol. The minimum Gasteiger partial charge on any atom is -0.385 e. The molecule has 1 N–H and O–H groups in total. The highest BCUT2D eigenvalue weighted by molar-refractivity contribution is 7.99. The Kier molecular flexibility index (Phi) is 7.94. The van der Waals surface area contributed by atoms with Crippen molar-refractivity contribution in [2.45, 2.75) is 44.4 Å². The molecule has 0 aliphatic rings. The summed E-state index contributed by atoms with van der Waals surface area (Å²) in [7, 11) is 1.68. The first kappa shape index (κ1) is 19.5. The Balaban J connectivity index is 1.81. The zero-order chi connectivity index (χ0) is 18.1. The first-order chi connectivity index (χ1) is 12.1. The van der Waals surface area contributed by atoms with Crippen molar-refractivity contribution in [3.63, 3.8) is 0 Å². The van der Waals surface area contributed by atoms with Gasteiger partial charge in [-0.2, -0.15) is 0 Å². The van der Waals surface area contributed by atoms with Crippen LogP contribution in [0.3, 0.4) is 0 Å². The molecule has 0 unspecified atom stereocenters. The summed E-state index contributed by atoms with van der Waals surface area (Å²) in [6, 6.07) is 8.34. The van der Waals surface area contributed by atoms with Gasteiger partial charge in [0.25, 0.3) is 0 Å². The Bertz CT molecular complexity index is 657. The van der Waals surface area contributed by atoms with Crippen LogP contribution >= 0.6 is 11.8 Å². The average Bonchev–Trinajstić information content (AvgIpc) is 3.07. The van der Waals surface area contributed by atoms with E-state index in [2.05, 4.69) is 46.7 Å². The number of methoxy groups -OCH3 is 1. The molecule has 7 heteroatoms. The third kappa shape index (κ3) is 6.17. The highest BCUT2D eigenvalue weighted by atomic mass is 32.2. The van der Waals surface area contributed by atoms with E-state index in [-0.39, 0.29) is 11.9 Å². The molecule has 1 aromatic carbocycles. The molecular formula is C18H26N4O2S. The predicted molar refractivity (Wildman–Crippen MR) is 99.6 cm³/mol. The van der Waals surface area contributed by atoms with Gasteiger partial charge in [-0.3, -0.25) is 4.79 Å². The number of amides is 1. The van der Waals surface area contributed by atoms with Crippen LogP contribution in [0, 0.1) is 0 Å². The first-order valence-corrected chi connectivity index (χ1v) is 9.50. The van der Waals surface area contributed by atoms with E-state index in [1.54, 1.807) is 13.4 Å². The summed E-state index contributed by atoms with van der Waals surface area (Å²) in [5.74, 6) is 0.309. The Labute approximate surface area is 153 Å². The molecule has 0 fully saturated rings. The largest absolute Gasteiger partial charge is 0.385 e. The molecule has 1 atom stereocenters. The Morgan fingerprint density at radius 2 is 2.12 bits per heavy atom. The van der Waals surface area contributed by atoms with Crippen LogP contribution in [-0.4, -0.2) is 40.1 Å². The smallest absolute Gasteiger partial charge is 0.230 e. The van der Waals surface area contributed by atoms with E-state index < -0.39 is 0 Å². The van der Waals surface area contributed by atoms with Crippen LogP contribution < -0.4 is 5.32 Å². The maximum atomic E-state index is 12.2. The van der Waals surface area contributed by atoms with Gasteiger partial charge < -0.3 is 14.6 Å². The number of aromatic nitrogens is 3. The van der Waals surface area contributed by atoms with Crippen molar-refractivity contribution in [3.05, 3.63) is 41.7 Å². The van der Waals surface area contributed by atoms with Gasteiger partial charge in [-0.05, 0) is 30.9 Å². The van der Waals surface area contributed by atoms with Crippen molar-refractivity contribution >= 4 is 17.7 Å². The van der Waals surface area contributed by atoms with Crippen LogP contribution in [0.15, 0.2) is 35.7 Å². The number of hydrogen-bond donors (Lipinski definition) is 1. The van der Waals surface area contributed by atoms with Gasteiger partial charge in [0.1, 0.15) is 6.33 Å². The van der Waals surface area contributed by atoms with Crippen LogP contribution in [0.25, 0.3) is 0 Å². The Morgan fingerprint density at radius 1 is 1.36 bits per heavy atom. The van der Waals surface area contributed by atoms with E-state index in [1.165, 1.54) is 17.3 Å². The summed E-state index contributed by atoms with van der Waals surface area (Å²) >= 11 is 1.40. The summed E-state index contributed by atoms with van der Waals surface area (Å²) < 4.78 is 7.00. The van der Waals surface area contributed by atoms with Gasteiger partial charge in [0.2, 0.25) is 5.91 Å². The molecule has 1 heterocycles. The van der Waals surface area contributed by atoms with E-state index in [0.29, 0.717) is 12.4 Å². The number of nitrogens with one attached hydrogen (secondary N) is 1. The second kappa shape index (κ2) is 10.2. The van der Waals surface area contributed by atoms with Gasteiger partial charge in [-0.25, -0.2) is 0 Å². The summed E-state index contributed by atoms with van der Waals surface area (Å²) in [5.41, 5.74) is 2.41. The number of carbonyl (C=O) groups is 1. The molecule has 0 saturated heterocycles. The van der Waals surface area contributed by atoms with Gasteiger partial charge in [0.15, 0.2) is 5.16 Å². The zero-order valence-electron chi connectivity index (χ0n) is 15.1. The van der Waals surface area contributed by atoms with E-state index >= 15 is 0 Å². The third-order valence-corrected chi connectivity index (χ3v) is 4.91. The molecule has 136 valence electrons. The lowest BCUT2D eigenvalue weighted by Gasteiger charge is -2.14. The Morgan fingerprint density at radius 3 is 2.80 bits per heavy atom. The quantitative estimate of drug-likeness (QED) is 0.520. The highest BCUT2D eigenvalue weighted by Crippen LogP contribution is 2.17. The van der Waals surface area contributed by atoms with Crippen molar-refractivity contribution < 1.29 is 9.53 Å². The topological polar surface area (TPSA) is 69.0 Å². The molecule has 0 saturated carbocycles. The van der Waals surface area contributed by atoms with Crippen LogP contribution in [0.2, 0.25) is 0 Å². The molecule has 0 aliphatic carbocycles. The van der Waals surface area contributed by atoms with Crippen molar-refractivity contribution in [2.75, 3.05) is 19.5 Å². The van der Waals surface area contributed by atoms with Crippen molar-refractivity contribution in [1.82, 2.24) is 20.1 Å².